The van der Waals surface area contributed by atoms with Crippen molar-refractivity contribution < 1.29 is 32.2 Å². The van der Waals surface area contributed by atoms with E-state index in [1.54, 1.807) is 6.92 Å². The van der Waals surface area contributed by atoms with E-state index in [1.807, 2.05) is 27.7 Å². The Balaban J connectivity index is 0. The van der Waals surface area contributed by atoms with E-state index in [9.17, 15) is 18.0 Å². The summed E-state index contributed by atoms with van der Waals surface area (Å²) >= 11 is 0. The first kappa shape index (κ1) is 24.9. The number of aryl methyl sites for hydroxylation is 1. The highest BCUT2D eigenvalue weighted by atomic mass is 19.4. The number of alkyl halides is 3. The molecule has 0 bridgehead atoms. The normalized spacial score (nSPS) is 10.3. The number of amides is 1. The van der Waals surface area contributed by atoms with Crippen molar-refractivity contribution in [1.29, 1.82) is 0 Å². The van der Waals surface area contributed by atoms with Gasteiger partial charge in [0, 0.05) is 18.4 Å². The molecule has 0 aliphatic carbocycles. The predicted octanol–water partition coefficient (Wildman–Crippen LogP) is 3.73. The lowest BCUT2D eigenvalue weighted by molar-refractivity contribution is -0.137. The summed E-state index contributed by atoms with van der Waals surface area (Å²) in [6, 6.07) is 2.35. The number of aromatic nitrogens is 1. The Morgan fingerprint density at radius 1 is 1.28 bits per heavy atom. The van der Waals surface area contributed by atoms with Crippen molar-refractivity contribution in [3.8, 4) is 0 Å². The van der Waals surface area contributed by atoms with Crippen LogP contribution < -0.4 is 5.32 Å². The van der Waals surface area contributed by atoms with Crippen molar-refractivity contribution in [2.24, 2.45) is 0 Å². The fourth-order valence-electron chi connectivity index (χ4n) is 1.09. The van der Waals surface area contributed by atoms with Crippen LogP contribution in [0.1, 0.15) is 39.0 Å². The molecule has 144 valence electrons. The zero-order valence-corrected chi connectivity index (χ0v) is 15.2. The first-order valence-corrected chi connectivity index (χ1v) is 7.30. The van der Waals surface area contributed by atoms with Gasteiger partial charge in [0.2, 0.25) is 0 Å². The number of carbonyl (C=O) groups excluding carboxylic acids is 2. The molecule has 9 heteroatoms. The lowest BCUT2D eigenvalue weighted by atomic mass is 10.2. The van der Waals surface area contributed by atoms with Gasteiger partial charge in [0.25, 0.3) is 6.47 Å². The highest BCUT2D eigenvalue weighted by molar-refractivity contribution is 5.67. The maximum atomic E-state index is 11.9. The molecule has 1 aromatic heterocycles. The molecule has 0 radical (unpaired) electrons. The summed E-state index contributed by atoms with van der Waals surface area (Å²) in [5, 5.41) is 2.54. The molecule has 0 fully saturated rings. The van der Waals surface area contributed by atoms with E-state index < -0.39 is 11.7 Å². The smallest absolute Gasteiger partial charge is 0.417 e. The average molecular weight is 366 g/mol. The second kappa shape index (κ2) is 12.1. The first-order chi connectivity index (χ1) is 11.4. The molecule has 1 N–H and O–H groups in total. The number of halogens is 3. The third kappa shape index (κ3) is 16.3. The summed E-state index contributed by atoms with van der Waals surface area (Å²) in [6.45, 7) is 9.98. The number of rotatable bonds is 2. The van der Waals surface area contributed by atoms with Crippen LogP contribution in [0.5, 0.6) is 0 Å². The van der Waals surface area contributed by atoms with Crippen molar-refractivity contribution in [1.82, 2.24) is 10.3 Å². The number of nitrogens with one attached hydrogen (secondary N) is 1. The molecule has 0 aromatic carbocycles. The van der Waals surface area contributed by atoms with Crippen LogP contribution in [0.2, 0.25) is 0 Å². The molecule has 0 saturated heterocycles. The van der Waals surface area contributed by atoms with Gasteiger partial charge >= 0.3 is 12.3 Å². The van der Waals surface area contributed by atoms with Crippen LogP contribution in [0, 0.1) is 6.92 Å². The van der Waals surface area contributed by atoms with Crippen molar-refractivity contribution in [3.63, 3.8) is 0 Å². The van der Waals surface area contributed by atoms with Gasteiger partial charge in [0.1, 0.15) is 5.60 Å². The first-order valence-electron chi connectivity index (χ1n) is 7.30. The molecule has 1 aromatic rings. The Morgan fingerprint density at radius 2 is 1.80 bits per heavy atom. The molecule has 0 unspecified atom stereocenters. The Kier molecular flexibility index (Phi) is 12.1. The topological polar surface area (TPSA) is 77.5 Å². The maximum absolute atomic E-state index is 11.9. The SMILES string of the molecule is CCNC(=O)OC(C)(C)C.COC=O.Cc1ccc(C(F)(F)F)cn1. The minimum atomic E-state index is -4.28. The van der Waals surface area contributed by atoms with Crippen molar-refractivity contribution in [3.05, 3.63) is 29.6 Å². The Bertz CT molecular complexity index is 498. The van der Waals surface area contributed by atoms with Gasteiger partial charge in [0.15, 0.2) is 0 Å². The predicted molar refractivity (Wildman–Crippen MR) is 87.0 cm³/mol. The van der Waals surface area contributed by atoms with Crippen LogP contribution in [0.25, 0.3) is 0 Å². The second-order valence-corrected chi connectivity index (χ2v) is 5.55. The fraction of sp³-hybridized carbons (Fsp3) is 0.562. The van der Waals surface area contributed by atoms with Crippen LogP contribution in [0.15, 0.2) is 18.3 Å². The molecular formula is C16H25F3N2O4. The van der Waals surface area contributed by atoms with E-state index in [2.05, 4.69) is 15.0 Å². The number of carbonyl (C=O) groups is 2. The number of ether oxygens (including phenoxy) is 2. The monoisotopic (exact) mass is 366 g/mol. The molecule has 1 heterocycles. The number of pyridine rings is 1. The van der Waals surface area contributed by atoms with Gasteiger partial charge in [0.05, 0.1) is 12.7 Å². The number of nitrogens with zero attached hydrogens (tertiary/aromatic N) is 1. The molecule has 0 aliphatic heterocycles. The van der Waals surface area contributed by atoms with Crippen LogP contribution in [0.4, 0.5) is 18.0 Å². The Hall–Kier alpha value is -2.32. The van der Waals surface area contributed by atoms with Gasteiger partial charge in [-0.3, -0.25) is 9.78 Å². The summed E-state index contributed by atoms with van der Waals surface area (Å²) in [5.41, 5.74) is -0.514. The van der Waals surface area contributed by atoms with Gasteiger partial charge in [-0.2, -0.15) is 13.2 Å². The highest BCUT2D eigenvalue weighted by Crippen LogP contribution is 2.28. The molecule has 0 aliphatic rings. The number of hydrogen-bond acceptors (Lipinski definition) is 5. The Morgan fingerprint density at radius 3 is 2.08 bits per heavy atom. The summed E-state index contributed by atoms with van der Waals surface area (Å²) in [6.07, 6.45) is -3.80. The van der Waals surface area contributed by atoms with Gasteiger partial charge in [-0.1, -0.05) is 0 Å². The third-order valence-electron chi connectivity index (χ3n) is 2.05. The molecule has 6 nitrogen and oxygen atoms in total. The van der Waals surface area contributed by atoms with E-state index in [0.29, 0.717) is 18.7 Å². The van der Waals surface area contributed by atoms with Gasteiger partial charge < -0.3 is 14.8 Å². The average Bonchev–Trinajstić information content (AvgIpc) is 2.46. The quantitative estimate of drug-likeness (QED) is 0.807. The van der Waals surface area contributed by atoms with E-state index in [4.69, 9.17) is 9.53 Å². The van der Waals surface area contributed by atoms with Crippen molar-refractivity contribution >= 4 is 12.6 Å². The van der Waals surface area contributed by atoms with Crippen molar-refractivity contribution in [2.45, 2.75) is 46.4 Å². The standard InChI is InChI=1S/C7H6F3N.C7H15NO2.C2H4O2/c1-5-2-3-6(4-11-5)7(8,9)10;1-5-8-6(9)10-7(2,3)4;1-4-2-3/h2-4H,1H3;5H2,1-4H3,(H,8,9);2H,1H3. The van der Waals surface area contributed by atoms with E-state index in [0.717, 1.165) is 12.3 Å². The van der Waals surface area contributed by atoms with Gasteiger partial charge in [-0.05, 0) is 46.8 Å². The zero-order valence-electron chi connectivity index (χ0n) is 15.2. The van der Waals surface area contributed by atoms with Crippen LogP contribution >= 0.6 is 0 Å². The maximum Gasteiger partial charge on any atom is 0.417 e. The summed E-state index contributed by atoms with van der Waals surface area (Å²) in [7, 11) is 1.31. The highest BCUT2D eigenvalue weighted by Gasteiger charge is 2.30. The van der Waals surface area contributed by atoms with Crippen LogP contribution in [-0.4, -0.2) is 36.8 Å². The Labute approximate surface area is 145 Å². The molecule has 0 atom stereocenters. The lowest BCUT2D eigenvalue weighted by Gasteiger charge is -2.19. The van der Waals surface area contributed by atoms with Gasteiger partial charge in [-0.15, -0.1) is 0 Å². The van der Waals surface area contributed by atoms with Crippen LogP contribution in [-0.2, 0) is 20.4 Å². The van der Waals surface area contributed by atoms with E-state index in [-0.39, 0.29) is 11.7 Å². The molecule has 1 rings (SSSR count). The van der Waals surface area contributed by atoms with Crippen molar-refractivity contribution in [2.75, 3.05) is 13.7 Å². The minimum Gasteiger partial charge on any atom is -0.471 e. The minimum absolute atomic E-state index is 0.352. The molecule has 25 heavy (non-hydrogen) atoms. The fourth-order valence-corrected chi connectivity index (χ4v) is 1.09. The largest absolute Gasteiger partial charge is 0.471 e. The number of alkyl carbamates (subject to hydrolysis) is 1. The molecular weight excluding hydrogens is 341 g/mol. The number of hydrogen-bond donors (Lipinski definition) is 1. The zero-order chi connectivity index (χ0) is 20.1. The lowest BCUT2D eigenvalue weighted by Crippen LogP contribution is -2.32. The van der Waals surface area contributed by atoms with Crippen LogP contribution in [0.3, 0.4) is 0 Å². The molecule has 0 saturated carbocycles. The molecule has 1 amide bonds. The summed E-state index contributed by atoms with van der Waals surface area (Å²) in [5.74, 6) is 0. The summed E-state index contributed by atoms with van der Waals surface area (Å²) < 4.78 is 44.4. The van der Waals surface area contributed by atoms with E-state index >= 15 is 0 Å². The number of methoxy groups -OCH3 is 1. The summed E-state index contributed by atoms with van der Waals surface area (Å²) in [4.78, 5) is 23.2. The van der Waals surface area contributed by atoms with E-state index in [1.165, 1.54) is 13.2 Å². The third-order valence-corrected chi connectivity index (χ3v) is 2.05. The second-order valence-electron chi connectivity index (χ2n) is 5.55. The van der Waals surface area contributed by atoms with Gasteiger partial charge in [-0.25, -0.2) is 4.79 Å². The molecule has 0 spiro atoms.